The van der Waals surface area contributed by atoms with Gasteiger partial charge in [0.25, 0.3) is 0 Å². The number of H-pyrrole nitrogens is 1. The molecule has 0 bridgehead atoms. The number of benzene rings is 3. The van der Waals surface area contributed by atoms with E-state index in [0.29, 0.717) is 33.5 Å². The number of rotatable bonds is 4. The first-order chi connectivity index (χ1) is 14.6. The highest BCUT2D eigenvalue weighted by Crippen LogP contribution is 2.30. The van der Waals surface area contributed by atoms with Crippen LogP contribution in [0.4, 0.5) is 13.2 Å². The Morgan fingerprint density at radius 2 is 1.71 bits per heavy atom. The molecule has 5 nitrogen and oxygen atoms in total. The van der Waals surface area contributed by atoms with Crippen molar-refractivity contribution in [2.24, 2.45) is 5.14 Å². The van der Waals surface area contributed by atoms with Gasteiger partial charge in [0.2, 0.25) is 10.0 Å². The Bertz CT molecular complexity index is 1410. The minimum absolute atomic E-state index is 0.0125. The van der Waals surface area contributed by atoms with E-state index in [-0.39, 0.29) is 4.90 Å². The smallest absolute Gasteiger partial charge is 0.338 e. The zero-order valence-electron chi connectivity index (χ0n) is 15.9. The van der Waals surface area contributed by atoms with Crippen molar-refractivity contribution in [2.75, 3.05) is 0 Å². The molecule has 0 saturated carbocycles. The Hall–Kier alpha value is -3.43. The molecule has 0 atom stereocenters. The lowest BCUT2D eigenvalue weighted by atomic mass is 10.1. The highest BCUT2D eigenvalue weighted by Gasteiger charge is 2.30. The van der Waals surface area contributed by atoms with Crippen LogP contribution in [0.3, 0.4) is 0 Å². The van der Waals surface area contributed by atoms with Gasteiger partial charge in [-0.3, -0.25) is 0 Å². The van der Waals surface area contributed by atoms with Crippen LogP contribution in [0.2, 0.25) is 0 Å². The molecule has 1 heterocycles. The number of nitrogens with two attached hydrogens (primary N) is 1. The molecule has 31 heavy (non-hydrogen) atoms. The molecule has 158 valence electrons. The van der Waals surface area contributed by atoms with E-state index in [0.717, 1.165) is 12.1 Å². The largest absolute Gasteiger partial charge is 0.416 e. The minimum Gasteiger partial charge on any atom is -0.338 e. The standard InChI is InChI=1S/C22H16F3N3O2S/c23-22(24,25)16-5-3-4-14(12-16)8-11-21-27-18-10-9-15(13-19(18)28-21)17-6-1-2-7-20(17)31(26,29)30/h1-13H,(H,27,28)(H2,26,29,30)/b11-8+. The zero-order chi connectivity index (χ0) is 22.2. The topological polar surface area (TPSA) is 88.8 Å². The Balaban J connectivity index is 1.68. The summed E-state index contributed by atoms with van der Waals surface area (Å²) >= 11 is 0. The summed E-state index contributed by atoms with van der Waals surface area (Å²) in [6, 6.07) is 16.6. The van der Waals surface area contributed by atoms with Gasteiger partial charge in [-0.2, -0.15) is 13.2 Å². The van der Waals surface area contributed by atoms with Gasteiger partial charge in [-0.05, 0) is 47.5 Å². The van der Waals surface area contributed by atoms with Crippen molar-refractivity contribution >= 4 is 33.2 Å². The average Bonchev–Trinajstić information content (AvgIpc) is 3.13. The Kier molecular flexibility index (Phi) is 5.16. The maximum atomic E-state index is 12.9. The first kappa shape index (κ1) is 20.8. The van der Waals surface area contributed by atoms with E-state index in [9.17, 15) is 21.6 Å². The van der Waals surface area contributed by atoms with E-state index in [2.05, 4.69) is 9.97 Å². The highest BCUT2D eigenvalue weighted by molar-refractivity contribution is 7.89. The van der Waals surface area contributed by atoms with Gasteiger partial charge in [-0.1, -0.05) is 42.5 Å². The third kappa shape index (κ3) is 4.52. The zero-order valence-corrected chi connectivity index (χ0v) is 16.7. The molecule has 0 saturated heterocycles. The number of aromatic amines is 1. The van der Waals surface area contributed by atoms with Crippen molar-refractivity contribution in [1.82, 2.24) is 9.97 Å². The third-order valence-corrected chi connectivity index (χ3v) is 5.62. The fourth-order valence-corrected chi connectivity index (χ4v) is 3.98. The maximum absolute atomic E-state index is 12.9. The molecule has 3 aromatic carbocycles. The second kappa shape index (κ2) is 7.68. The molecule has 0 fully saturated rings. The average molecular weight is 443 g/mol. The van der Waals surface area contributed by atoms with Gasteiger partial charge in [0.05, 0.1) is 21.5 Å². The molecular formula is C22H16F3N3O2S. The van der Waals surface area contributed by atoms with Crippen LogP contribution >= 0.6 is 0 Å². The molecule has 0 aliphatic carbocycles. The van der Waals surface area contributed by atoms with Crippen LogP contribution in [0.5, 0.6) is 0 Å². The number of hydrogen-bond acceptors (Lipinski definition) is 3. The van der Waals surface area contributed by atoms with E-state index in [4.69, 9.17) is 5.14 Å². The van der Waals surface area contributed by atoms with Crippen LogP contribution in [0, 0.1) is 0 Å². The fourth-order valence-electron chi connectivity index (χ4n) is 3.22. The second-order valence-electron chi connectivity index (χ2n) is 6.85. The van der Waals surface area contributed by atoms with Crippen LogP contribution in [0.15, 0.2) is 71.6 Å². The van der Waals surface area contributed by atoms with E-state index in [1.54, 1.807) is 48.5 Å². The maximum Gasteiger partial charge on any atom is 0.416 e. The van der Waals surface area contributed by atoms with Crippen molar-refractivity contribution in [3.8, 4) is 11.1 Å². The summed E-state index contributed by atoms with van der Waals surface area (Å²) in [5, 5.41) is 5.32. The molecular weight excluding hydrogens is 427 g/mol. The lowest BCUT2D eigenvalue weighted by Crippen LogP contribution is -2.13. The molecule has 1 aromatic heterocycles. The first-order valence-electron chi connectivity index (χ1n) is 9.08. The van der Waals surface area contributed by atoms with Gasteiger partial charge < -0.3 is 4.98 Å². The van der Waals surface area contributed by atoms with Crippen molar-refractivity contribution in [3.05, 3.63) is 83.7 Å². The van der Waals surface area contributed by atoms with Crippen LogP contribution in [-0.4, -0.2) is 18.4 Å². The number of sulfonamides is 1. The van der Waals surface area contributed by atoms with Crippen LogP contribution in [0.25, 0.3) is 34.3 Å². The van der Waals surface area contributed by atoms with Gasteiger partial charge >= 0.3 is 6.18 Å². The predicted octanol–water partition coefficient (Wildman–Crippen LogP) is 5.07. The highest BCUT2D eigenvalue weighted by atomic mass is 32.2. The summed E-state index contributed by atoms with van der Waals surface area (Å²) in [5.74, 6) is 0.448. The van der Waals surface area contributed by atoms with Crippen molar-refractivity contribution in [1.29, 1.82) is 0 Å². The summed E-state index contributed by atoms with van der Waals surface area (Å²) in [6.07, 6.45) is -1.30. The molecule has 4 aromatic rings. The quantitative estimate of drug-likeness (QED) is 0.462. The number of nitrogens with one attached hydrogen (secondary N) is 1. The molecule has 0 aliphatic rings. The number of fused-ring (bicyclic) bond motifs is 1. The monoisotopic (exact) mass is 443 g/mol. The number of aromatic nitrogens is 2. The summed E-state index contributed by atoms with van der Waals surface area (Å²) in [6.45, 7) is 0. The van der Waals surface area contributed by atoms with Gasteiger partial charge in [0.15, 0.2) is 0 Å². The Morgan fingerprint density at radius 3 is 2.45 bits per heavy atom. The van der Waals surface area contributed by atoms with Crippen LogP contribution < -0.4 is 5.14 Å². The van der Waals surface area contributed by atoms with Gasteiger partial charge in [0.1, 0.15) is 5.82 Å². The van der Waals surface area contributed by atoms with E-state index < -0.39 is 21.8 Å². The molecule has 3 N–H and O–H groups in total. The minimum atomic E-state index is -4.41. The molecule has 0 unspecified atom stereocenters. The van der Waals surface area contributed by atoms with E-state index >= 15 is 0 Å². The lowest BCUT2D eigenvalue weighted by molar-refractivity contribution is -0.137. The summed E-state index contributed by atoms with van der Waals surface area (Å²) in [4.78, 5) is 7.49. The van der Waals surface area contributed by atoms with Crippen molar-refractivity contribution in [2.45, 2.75) is 11.1 Å². The molecule has 0 spiro atoms. The number of imidazole rings is 1. The van der Waals surface area contributed by atoms with Gasteiger partial charge in [-0.15, -0.1) is 0 Å². The van der Waals surface area contributed by atoms with Gasteiger partial charge in [-0.25, -0.2) is 18.5 Å². The van der Waals surface area contributed by atoms with Crippen molar-refractivity contribution < 1.29 is 21.6 Å². The number of primary sulfonamides is 1. The van der Waals surface area contributed by atoms with Crippen molar-refractivity contribution in [3.63, 3.8) is 0 Å². The molecule has 4 rings (SSSR count). The lowest BCUT2D eigenvalue weighted by Gasteiger charge is -2.07. The Labute approximate surface area is 176 Å². The fraction of sp³-hybridized carbons (Fsp3) is 0.0455. The molecule has 0 amide bonds. The summed E-state index contributed by atoms with van der Waals surface area (Å²) in [7, 11) is -3.90. The van der Waals surface area contributed by atoms with Crippen LogP contribution in [0.1, 0.15) is 17.0 Å². The number of nitrogens with zero attached hydrogens (tertiary/aromatic N) is 1. The first-order valence-corrected chi connectivity index (χ1v) is 10.6. The third-order valence-electron chi connectivity index (χ3n) is 4.65. The number of halogens is 3. The predicted molar refractivity (Wildman–Crippen MR) is 113 cm³/mol. The molecule has 0 aliphatic heterocycles. The Morgan fingerprint density at radius 1 is 0.935 bits per heavy atom. The molecule has 9 heteroatoms. The second-order valence-corrected chi connectivity index (χ2v) is 8.38. The number of alkyl halides is 3. The van der Waals surface area contributed by atoms with Crippen LogP contribution in [-0.2, 0) is 16.2 Å². The summed E-state index contributed by atoms with van der Waals surface area (Å²) < 4.78 is 62.3. The van der Waals surface area contributed by atoms with E-state index in [1.807, 2.05) is 0 Å². The van der Waals surface area contributed by atoms with Gasteiger partial charge in [0, 0.05) is 5.56 Å². The summed E-state index contributed by atoms with van der Waals surface area (Å²) in [5.41, 5.74) is 2.03. The molecule has 0 radical (unpaired) electrons. The van der Waals surface area contributed by atoms with E-state index in [1.165, 1.54) is 18.2 Å². The number of hydrogen-bond donors (Lipinski definition) is 2. The SMILES string of the molecule is NS(=O)(=O)c1ccccc1-c1ccc2nc(/C=C/c3cccc(C(F)(F)F)c3)[nH]c2c1. The normalized spacial score (nSPS) is 12.6.